The Kier molecular flexibility index (Phi) is 7.10. The lowest BCUT2D eigenvalue weighted by atomic mass is 10.2. The van der Waals surface area contributed by atoms with Crippen molar-refractivity contribution in [3.8, 4) is 12.3 Å². The number of carbonyl (C=O) groups is 1. The molecular formula is C24H25N3O3S3. The fourth-order valence-corrected chi connectivity index (χ4v) is 7.06. The minimum atomic E-state index is -3.60. The van der Waals surface area contributed by atoms with Crippen LogP contribution in [0.3, 0.4) is 0 Å². The third-order valence-electron chi connectivity index (χ3n) is 5.95. The highest BCUT2D eigenvalue weighted by molar-refractivity contribution is 7.98. The zero-order chi connectivity index (χ0) is 23.6. The molecule has 1 aromatic heterocycles. The van der Waals surface area contributed by atoms with Crippen molar-refractivity contribution in [1.29, 1.82) is 0 Å². The molecule has 0 spiro atoms. The van der Waals surface area contributed by atoms with E-state index in [0.717, 1.165) is 40.8 Å². The van der Waals surface area contributed by atoms with Gasteiger partial charge in [0, 0.05) is 23.5 Å². The quantitative estimate of drug-likeness (QED) is 0.373. The van der Waals surface area contributed by atoms with Crippen LogP contribution in [0.5, 0.6) is 0 Å². The Morgan fingerprint density at radius 2 is 1.94 bits per heavy atom. The van der Waals surface area contributed by atoms with E-state index in [9.17, 15) is 13.2 Å². The summed E-state index contributed by atoms with van der Waals surface area (Å²) >= 11 is 3.05. The Morgan fingerprint density at radius 1 is 1.24 bits per heavy atom. The van der Waals surface area contributed by atoms with Gasteiger partial charge in [0.15, 0.2) is 4.80 Å². The number of rotatable bonds is 6. The molecule has 0 atom stereocenters. The van der Waals surface area contributed by atoms with Crippen LogP contribution in [-0.2, 0) is 16.6 Å². The Labute approximate surface area is 202 Å². The van der Waals surface area contributed by atoms with E-state index in [1.165, 1.54) is 39.9 Å². The van der Waals surface area contributed by atoms with Gasteiger partial charge in [0.25, 0.3) is 5.91 Å². The molecule has 4 rings (SSSR count). The van der Waals surface area contributed by atoms with Gasteiger partial charge in [-0.15, -0.1) is 18.2 Å². The molecule has 2 aromatic carbocycles. The van der Waals surface area contributed by atoms with Crippen LogP contribution >= 0.6 is 23.1 Å². The average molecular weight is 500 g/mol. The summed E-state index contributed by atoms with van der Waals surface area (Å²) in [5, 5.41) is 0. The topological polar surface area (TPSA) is 71.7 Å². The van der Waals surface area contributed by atoms with Gasteiger partial charge < -0.3 is 4.57 Å². The summed E-state index contributed by atoms with van der Waals surface area (Å²) in [5.74, 6) is 2.18. The van der Waals surface area contributed by atoms with Crippen molar-refractivity contribution >= 4 is 49.2 Å². The van der Waals surface area contributed by atoms with Gasteiger partial charge in [-0.3, -0.25) is 4.79 Å². The normalized spacial score (nSPS) is 15.4. The first-order valence-electron chi connectivity index (χ1n) is 10.6. The highest BCUT2D eigenvalue weighted by Gasteiger charge is 2.30. The number of hydrogen-bond acceptors (Lipinski definition) is 5. The smallest absolute Gasteiger partial charge is 0.279 e. The van der Waals surface area contributed by atoms with Crippen molar-refractivity contribution in [2.75, 3.05) is 13.3 Å². The molecule has 33 heavy (non-hydrogen) atoms. The summed E-state index contributed by atoms with van der Waals surface area (Å²) in [6.45, 7) is 0.301. The Bertz CT molecular complexity index is 1390. The molecular weight excluding hydrogens is 474 g/mol. The summed E-state index contributed by atoms with van der Waals surface area (Å²) in [6, 6.07) is 12.1. The van der Waals surface area contributed by atoms with Crippen LogP contribution in [0.1, 0.15) is 36.0 Å². The summed E-state index contributed by atoms with van der Waals surface area (Å²) in [4.78, 5) is 19.0. The molecule has 6 nitrogen and oxygen atoms in total. The van der Waals surface area contributed by atoms with Gasteiger partial charge in [-0.1, -0.05) is 30.1 Å². The monoisotopic (exact) mass is 499 g/mol. The highest BCUT2D eigenvalue weighted by Crippen LogP contribution is 2.27. The first-order chi connectivity index (χ1) is 15.8. The van der Waals surface area contributed by atoms with Crippen molar-refractivity contribution in [3.05, 3.63) is 52.8 Å². The largest absolute Gasteiger partial charge is 0.305 e. The molecule has 1 aliphatic rings. The molecule has 1 amide bonds. The summed E-state index contributed by atoms with van der Waals surface area (Å²) in [5.41, 5.74) is 1.26. The number of nitrogens with zero attached hydrogens (tertiary/aromatic N) is 3. The third kappa shape index (κ3) is 4.80. The van der Waals surface area contributed by atoms with Crippen LogP contribution in [0.15, 0.2) is 57.2 Å². The Hall–Kier alpha value is -2.38. The number of terminal acetylenes is 1. The second kappa shape index (κ2) is 9.85. The number of carbonyl (C=O) groups excluding carboxylic acids is 1. The van der Waals surface area contributed by atoms with Gasteiger partial charge in [-0.05, 0) is 61.6 Å². The van der Waals surface area contributed by atoms with Gasteiger partial charge in [-0.25, -0.2) is 8.42 Å². The minimum absolute atomic E-state index is 0.0393. The number of fused-ring (bicyclic) bond motifs is 1. The molecule has 0 N–H and O–H groups in total. The molecule has 1 saturated carbocycles. The molecule has 1 aliphatic carbocycles. The maximum atomic E-state index is 13.0. The minimum Gasteiger partial charge on any atom is -0.305 e. The summed E-state index contributed by atoms with van der Waals surface area (Å²) < 4.78 is 30.2. The number of aromatic nitrogens is 1. The number of sulfonamides is 1. The first-order valence-corrected chi connectivity index (χ1v) is 14.1. The Balaban J connectivity index is 1.64. The van der Waals surface area contributed by atoms with E-state index in [0.29, 0.717) is 16.9 Å². The van der Waals surface area contributed by atoms with E-state index in [1.54, 1.807) is 18.8 Å². The van der Waals surface area contributed by atoms with E-state index in [1.807, 2.05) is 23.0 Å². The average Bonchev–Trinajstić information content (AvgIpc) is 3.47. The zero-order valence-electron chi connectivity index (χ0n) is 18.5. The molecule has 0 unspecified atom stereocenters. The van der Waals surface area contributed by atoms with Gasteiger partial charge in [-0.2, -0.15) is 9.30 Å². The van der Waals surface area contributed by atoms with E-state index in [4.69, 9.17) is 6.42 Å². The molecule has 0 saturated heterocycles. The first kappa shape index (κ1) is 23.8. The van der Waals surface area contributed by atoms with Crippen molar-refractivity contribution in [1.82, 2.24) is 8.87 Å². The number of thioether (sulfide) groups is 1. The molecule has 9 heteroatoms. The summed E-state index contributed by atoms with van der Waals surface area (Å²) in [7, 11) is -1.96. The van der Waals surface area contributed by atoms with Gasteiger partial charge in [0.05, 0.1) is 21.7 Å². The van der Waals surface area contributed by atoms with Crippen molar-refractivity contribution in [2.45, 2.75) is 48.1 Å². The van der Waals surface area contributed by atoms with Gasteiger partial charge >= 0.3 is 0 Å². The maximum absolute atomic E-state index is 13.0. The second-order valence-corrected chi connectivity index (χ2v) is 11.8. The fourth-order valence-electron chi connectivity index (χ4n) is 4.06. The van der Waals surface area contributed by atoms with Crippen molar-refractivity contribution in [3.63, 3.8) is 0 Å². The molecule has 3 aromatic rings. The van der Waals surface area contributed by atoms with Crippen LogP contribution in [0.25, 0.3) is 10.2 Å². The lowest BCUT2D eigenvalue weighted by Crippen LogP contribution is -2.35. The molecule has 1 heterocycles. The van der Waals surface area contributed by atoms with E-state index >= 15 is 0 Å². The van der Waals surface area contributed by atoms with E-state index in [-0.39, 0.29) is 10.9 Å². The molecule has 0 bridgehead atoms. The van der Waals surface area contributed by atoms with Crippen LogP contribution < -0.4 is 4.80 Å². The highest BCUT2D eigenvalue weighted by atomic mass is 32.2. The predicted octanol–water partition coefficient (Wildman–Crippen LogP) is 4.36. The van der Waals surface area contributed by atoms with Crippen molar-refractivity contribution in [2.24, 2.45) is 4.99 Å². The standard InChI is InChI=1S/C24H25N3O3S3/c1-4-15-27-21-14-11-19(31-3)16-22(21)32-24(27)25-23(28)17-9-12-20(13-10-17)33(29,30)26(2)18-7-5-6-8-18/h1,9-14,16,18H,5-8,15H2,2-3H3. The molecule has 0 radical (unpaired) electrons. The van der Waals surface area contributed by atoms with Crippen LogP contribution in [0, 0.1) is 12.3 Å². The Morgan fingerprint density at radius 3 is 2.58 bits per heavy atom. The lowest BCUT2D eigenvalue weighted by molar-refractivity contribution is 0.0998. The van der Waals surface area contributed by atoms with E-state index in [2.05, 4.69) is 17.0 Å². The van der Waals surface area contributed by atoms with Crippen LogP contribution in [0.2, 0.25) is 0 Å². The number of thiazole rings is 1. The maximum Gasteiger partial charge on any atom is 0.279 e. The fraction of sp³-hybridized carbons (Fsp3) is 0.333. The molecule has 0 aliphatic heterocycles. The number of amides is 1. The van der Waals surface area contributed by atoms with Crippen molar-refractivity contribution < 1.29 is 13.2 Å². The lowest BCUT2D eigenvalue weighted by Gasteiger charge is -2.23. The second-order valence-electron chi connectivity index (χ2n) is 7.91. The third-order valence-corrected chi connectivity index (χ3v) is 9.64. The number of hydrogen-bond donors (Lipinski definition) is 0. The van der Waals surface area contributed by atoms with Crippen LogP contribution in [0.4, 0.5) is 0 Å². The van der Waals surface area contributed by atoms with E-state index < -0.39 is 15.9 Å². The van der Waals surface area contributed by atoms with Crippen LogP contribution in [-0.4, -0.2) is 42.5 Å². The zero-order valence-corrected chi connectivity index (χ0v) is 21.0. The van der Waals surface area contributed by atoms with Gasteiger partial charge in [0.1, 0.15) is 0 Å². The molecule has 172 valence electrons. The van der Waals surface area contributed by atoms with Gasteiger partial charge in [0.2, 0.25) is 10.0 Å². The number of benzene rings is 2. The SMILES string of the molecule is C#CCn1c(=NC(=O)c2ccc(S(=O)(=O)N(C)C3CCCC3)cc2)sc2cc(SC)ccc21. The molecule has 1 fully saturated rings. The summed E-state index contributed by atoms with van der Waals surface area (Å²) in [6.07, 6.45) is 11.4. The predicted molar refractivity (Wildman–Crippen MR) is 134 cm³/mol.